The standard InChI is InChI=1S/C14H21F2NO/c1-5-14(6-2,18-4)13(17-3)10-8-7-9-11(15)12(10)16/h7-9,13,17H,5-6H2,1-4H3. The second-order valence-electron chi connectivity index (χ2n) is 4.34. The molecule has 1 unspecified atom stereocenters. The number of benzene rings is 1. The first-order chi connectivity index (χ1) is 8.56. The Kier molecular flexibility index (Phi) is 5.23. The number of hydrogen-bond donors (Lipinski definition) is 1. The molecular weight excluding hydrogens is 236 g/mol. The van der Waals surface area contributed by atoms with Crippen LogP contribution in [-0.4, -0.2) is 19.8 Å². The molecule has 0 saturated carbocycles. The monoisotopic (exact) mass is 257 g/mol. The maximum atomic E-state index is 13.9. The average Bonchev–Trinajstić information content (AvgIpc) is 2.40. The zero-order chi connectivity index (χ0) is 13.8. The highest BCUT2D eigenvalue weighted by atomic mass is 19.2. The lowest BCUT2D eigenvalue weighted by atomic mass is 9.83. The van der Waals surface area contributed by atoms with Crippen LogP contribution in [0.1, 0.15) is 38.3 Å². The SMILES string of the molecule is CCC(CC)(OC)C(NC)c1cccc(F)c1F. The largest absolute Gasteiger partial charge is 0.376 e. The van der Waals surface area contributed by atoms with Crippen LogP contribution in [0.15, 0.2) is 18.2 Å². The molecule has 0 spiro atoms. The zero-order valence-corrected chi connectivity index (χ0v) is 11.4. The molecule has 1 N–H and O–H groups in total. The quantitative estimate of drug-likeness (QED) is 0.843. The molecule has 0 bridgehead atoms. The van der Waals surface area contributed by atoms with Crippen molar-refractivity contribution in [2.24, 2.45) is 0 Å². The molecule has 0 amide bonds. The number of hydrogen-bond acceptors (Lipinski definition) is 2. The lowest BCUT2D eigenvalue weighted by Crippen LogP contribution is -2.44. The molecule has 1 aromatic rings. The lowest BCUT2D eigenvalue weighted by Gasteiger charge is -2.38. The first-order valence-electron chi connectivity index (χ1n) is 6.22. The van der Waals surface area contributed by atoms with Gasteiger partial charge in [-0.2, -0.15) is 0 Å². The van der Waals surface area contributed by atoms with E-state index in [1.54, 1.807) is 20.2 Å². The average molecular weight is 257 g/mol. The summed E-state index contributed by atoms with van der Waals surface area (Å²) in [5.74, 6) is -1.63. The molecule has 0 aliphatic rings. The predicted molar refractivity (Wildman–Crippen MR) is 68.5 cm³/mol. The van der Waals surface area contributed by atoms with Gasteiger partial charge in [0.1, 0.15) is 0 Å². The maximum absolute atomic E-state index is 13.9. The Balaban J connectivity index is 3.28. The van der Waals surface area contributed by atoms with Crippen LogP contribution in [0, 0.1) is 11.6 Å². The normalized spacial score (nSPS) is 13.7. The minimum Gasteiger partial charge on any atom is -0.376 e. The number of methoxy groups -OCH3 is 1. The zero-order valence-electron chi connectivity index (χ0n) is 11.4. The van der Waals surface area contributed by atoms with Gasteiger partial charge in [0, 0.05) is 12.7 Å². The summed E-state index contributed by atoms with van der Waals surface area (Å²) >= 11 is 0. The van der Waals surface area contributed by atoms with Crippen molar-refractivity contribution in [1.29, 1.82) is 0 Å². The third-order valence-electron chi connectivity index (χ3n) is 3.71. The van der Waals surface area contributed by atoms with Gasteiger partial charge in [-0.05, 0) is 26.0 Å². The smallest absolute Gasteiger partial charge is 0.163 e. The molecule has 0 radical (unpaired) electrons. The molecule has 0 aromatic heterocycles. The van der Waals surface area contributed by atoms with Gasteiger partial charge in [-0.3, -0.25) is 0 Å². The van der Waals surface area contributed by atoms with Crippen LogP contribution >= 0.6 is 0 Å². The Morgan fingerprint density at radius 3 is 2.33 bits per heavy atom. The van der Waals surface area contributed by atoms with Gasteiger partial charge < -0.3 is 10.1 Å². The summed E-state index contributed by atoms with van der Waals surface area (Å²) in [6.45, 7) is 3.96. The van der Waals surface area contributed by atoms with Crippen LogP contribution in [-0.2, 0) is 4.74 Å². The topological polar surface area (TPSA) is 21.3 Å². The third-order valence-corrected chi connectivity index (χ3v) is 3.71. The van der Waals surface area contributed by atoms with Crippen molar-refractivity contribution in [2.45, 2.75) is 38.3 Å². The maximum Gasteiger partial charge on any atom is 0.163 e. The Morgan fingerprint density at radius 1 is 1.28 bits per heavy atom. The highest BCUT2D eigenvalue weighted by Crippen LogP contribution is 2.36. The number of likely N-dealkylation sites (N-methyl/N-ethyl adjacent to an activating group) is 1. The second kappa shape index (κ2) is 6.25. The molecule has 0 saturated heterocycles. The molecular formula is C14H21F2NO. The summed E-state index contributed by atoms with van der Waals surface area (Å²) in [5, 5.41) is 3.05. The van der Waals surface area contributed by atoms with E-state index in [1.807, 2.05) is 13.8 Å². The van der Waals surface area contributed by atoms with E-state index in [1.165, 1.54) is 6.07 Å². The van der Waals surface area contributed by atoms with E-state index in [0.29, 0.717) is 18.4 Å². The molecule has 4 heteroatoms. The molecule has 1 atom stereocenters. The van der Waals surface area contributed by atoms with E-state index in [0.717, 1.165) is 6.07 Å². The van der Waals surface area contributed by atoms with Gasteiger partial charge >= 0.3 is 0 Å². The first-order valence-corrected chi connectivity index (χ1v) is 6.22. The van der Waals surface area contributed by atoms with Gasteiger partial charge in [0.25, 0.3) is 0 Å². The van der Waals surface area contributed by atoms with Crippen LogP contribution in [0.25, 0.3) is 0 Å². The highest BCUT2D eigenvalue weighted by Gasteiger charge is 2.37. The van der Waals surface area contributed by atoms with Gasteiger partial charge in [0.2, 0.25) is 0 Å². The minimum atomic E-state index is -0.829. The van der Waals surface area contributed by atoms with Crippen LogP contribution in [0.5, 0.6) is 0 Å². The highest BCUT2D eigenvalue weighted by molar-refractivity contribution is 5.25. The molecule has 2 nitrogen and oxygen atoms in total. The Morgan fingerprint density at radius 2 is 1.89 bits per heavy atom. The van der Waals surface area contributed by atoms with Crippen molar-refractivity contribution in [3.05, 3.63) is 35.4 Å². The minimum absolute atomic E-state index is 0.308. The van der Waals surface area contributed by atoms with Crippen molar-refractivity contribution < 1.29 is 13.5 Å². The summed E-state index contributed by atoms with van der Waals surface area (Å²) in [6, 6.07) is 3.86. The van der Waals surface area contributed by atoms with E-state index in [9.17, 15) is 8.78 Å². The van der Waals surface area contributed by atoms with E-state index in [2.05, 4.69) is 5.32 Å². The van der Waals surface area contributed by atoms with Gasteiger partial charge in [-0.25, -0.2) is 8.78 Å². The van der Waals surface area contributed by atoms with Crippen molar-refractivity contribution in [1.82, 2.24) is 5.32 Å². The van der Waals surface area contributed by atoms with Crippen LogP contribution in [0.3, 0.4) is 0 Å². The Labute approximate surface area is 107 Å². The summed E-state index contributed by atoms with van der Waals surface area (Å²) in [4.78, 5) is 0. The predicted octanol–water partition coefficient (Wildman–Crippen LogP) is 3.43. The van der Waals surface area contributed by atoms with Crippen molar-refractivity contribution >= 4 is 0 Å². The summed E-state index contributed by atoms with van der Waals surface area (Å²) in [5.41, 5.74) is -0.230. The van der Waals surface area contributed by atoms with Gasteiger partial charge in [0.15, 0.2) is 11.6 Å². The number of ether oxygens (including phenoxy) is 1. The summed E-state index contributed by atoms with van der Waals surface area (Å²) in [7, 11) is 3.34. The number of halogens is 2. The molecule has 102 valence electrons. The summed E-state index contributed by atoms with van der Waals surface area (Å²) < 4.78 is 32.8. The molecule has 0 fully saturated rings. The first kappa shape index (κ1) is 15.1. The summed E-state index contributed by atoms with van der Waals surface area (Å²) in [6.07, 6.45) is 1.42. The van der Waals surface area contributed by atoms with Crippen molar-refractivity contribution in [2.75, 3.05) is 14.2 Å². The van der Waals surface area contributed by atoms with Crippen LogP contribution in [0.4, 0.5) is 8.78 Å². The van der Waals surface area contributed by atoms with Crippen molar-refractivity contribution in [3.8, 4) is 0 Å². The molecule has 0 aliphatic carbocycles. The Hall–Kier alpha value is -1.00. The number of nitrogens with one attached hydrogen (secondary N) is 1. The molecule has 1 rings (SSSR count). The second-order valence-corrected chi connectivity index (χ2v) is 4.34. The lowest BCUT2D eigenvalue weighted by molar-refractivity contribution is -0.0477. The fourth-order valence-corrected chi connectivity index (χ4v) is 2.51. The third kappa shape index (κ3) is 2.54. The Bertz CT molecular complexity index is 383. The van der Waals surface area contributed by atoms with Gasteiger partial charge in [-0.15, -0.1) is 0 Å². The molecule has 0 heterocycles. The molecule has 18 heavy (non-hydrogen) atoms. The molecule has 0 aliphatic heterocycles. The van der Waals surface area contributed by atoms with Crippen molar-refractivity contribution in [3.63, 3.8) is 0 Å². The van der Waals surface area contributed by atoms with Gasteiger partial charge in [-0.1, -0.05) is 26.0 Å². The van der Waals surface area contributed by atoms with E-state index < -0.39 is 17.2 Å². The van der Waals surface area contributed by atoms with E-state index >= 15 is 0 Å². The van der Waals surface area contributed by atoms with Crippen LogP contribution in [0.2, 0.25) is 0 Å². The fraction of sp³-hybridized carbons (Fsp3) is 0.571. The van der Waals surface area contributed by atoms with E-state index in [-0.39, 0.29) is 6.04 Å². The molecule has 1 aromatic carbocycles. The van der Waals surface area contributed by atoms with Crippen LogP contribution < -0.4 is 5.32 Å². The number of rotatable bonds is 6. The van der Waals surface area contributed by atoms with E-state index in [4.69, 9.17) is 4.74 Å². The van der Waals surface area contributed by atoms with Gasteiger partial charge in [0.05, 0.1) is 11.6 Å². The fourth-order valence-electron chi connectivity index (χ4n) is 2.51.